The third kappa shape index (κ3) is 2.28. The Morgan fingerprint density at radius 1 is 1.53 bits per heavy atom. The zero-order valence-corrected chi connectivity index (χ0v) is 8.95. The van der Waals surface area contributed by atoms with Crippen LogP contribution in [0.2, 0.25) is 0 Å². The van der Waals surface area contributed by atoms with Crippen LogP contribution in [0.25, 0.3) is 0 Å². The van der Waals surface area contributed by atoms with E-state index in [1.54, 1.807) is 0 Å². The van der Waals surface area contributed by atoms with Gasteiger partial charge >= 0.3 is 0 Å². The van der Waals surface area contributed by atoms with Gasteiger partial charge in [0.1, 0.15) is 6.04 Å². The van der Waals surface area contributed by atoms with Crippen LogP contribution < -0.4 is 10.6 Å². The first-order valence-corrected chi connectivity index (χ1v) is 5.48. The van der Waals surface area contributed by atoms with Crippen LogP contribution in [0.3, 0.4) is 0 Å². The van der Waals surface area contributed by atoms with Crippen LogP contribution in [-0.2, 0) is 9.59 Å². The van der Waals surface area contributed by atoms with Gasteiger partial charge in [-0.25, -0.2) is 0 Å². The number of rotatable bonds is 1. The molecular weight excluding hydrogens is 194 g/mol. The Balaban J connectivity index is 1.92. The second-order valence-corrected chi connectivity index (χ2v) is 4.30. The van der Waals surface area contributed by atoms with Crippen molar-refractivity contribution in [3.63, 3.8) is 0 Å². The summed E-state index contributed by atoms with van der Waals surface area (Å²) in [7, 11) is 0. The molecule has 0 bridgehead atoms. The fraction of sp³-hybridized carbons (Fsp3) is 0.800. The average Bonchev–Trinajstić information content (AvgIpc) is 2.64. The molecule has 2 atom stereocenters. The normalized spacial score (nSPS) is 31.5. The van der Waals surface area contributed by atoms with Crippen molar-refractivity contribution in [2.45, 2.75) is 31.8 Å². The summed E-state index contributed by atoms with van der Waals surface area (Å²) in [5, 5.41) is 6.00. The minimum Gasteiger partial charge on any atom is -0.344 e. The Morgan fingerprint density at radius 3 is 2.93 bits per heavy atom. The predicted molar refractivity (Wildman–Crippen MR) is 55.2 cm³/mol. The summed E-state index contributed by atoms with van der Waals surface area (Å²) in [6.45, 7) is 4.39. The molecule has 0 aromatic rings. The number of hydrogen-bond donors (Lipinski definition) is 2. The first-order valence-electron chi connectivity index (χ1n) is 5.48. The van der Waals surface area contributed by atoms with Crippen LogP contribution in [0.5, 0.6) is 0 Å². The Labute approximate surface area is 89.2 Å². The van der Waals surface area contributed by atoms with E-state index in [9.17, 15) is 9.59 Å². The van der Waals surface area contributed by atoms with Crippen molar-refractivity contribution < 1.29 is 9.59 Å². The summed E-state index contributed by atoms with van der Waals surface area (Å²) >= 11 is 0. The van der Waals surface area contributed by atoms with E-state index < -0.39 is 0 Å². The highest BCUT2D eigenvalue weighted by Crippen LogP contribution is 2.11. The number of hydrogen-bond acceptors (Lipinski definition) is 3. The number of piperazine rings is 1. The van der Waals surface area contributed by atoms with E-state index in [1.807, 2.05) is 4.90 Å². The molecule has 0 unspecified atom stereocenters. The number of nitrogens with one attached hydrogen (secondary N) is 2. The Hall–Kier alpha value is -1.10. The molecule has 5 nitrogen and oxygen atoms in total. The van der Waals surface area contributed by atoms with Gasteiger partial charge in [-0.05, 0) is 13.3 Å². The molecule has 5 heteroatoms. The summed E-state index contributed by atoms with van der Waals surface area (Å²) in [5.41, 5.74) is 0. The van der Waals surface area contributed by atoms with Crippen LogP contribution in [0, 0.1) is 0 Å². The number of carbonyl (C=O) groups is 2. The molecule has 0 aromatic heterocycles. The highest BCUT2D eigenvalue weighted by atomic mass is 16.2. The van der Waals surface area contributed by atoms with E-state index in [2.05, 4.69) is 17.6 Å². The van der Waals surface area contributed by atoms with Crippen LogP contribution in [0.4, 0.5) is 0 Å². The lowest BCUT2D eigenvalue weighted by molar-refractivity contribution is -0.135. The molecule has 0 aromatic carbocycles. The zero-order valence-electron chi connectivity index (χ0n) is 8.95. The van der Waals surface area contributed by atoms with Crippen LogP contribution in [0.1, 0.15) is 19.8 Å². The summed E-state index contributed by atoms with van der Waals surface area (Å²) in [6, 6.07) is 0.0719. The van der Waals surface area contributed by atoms with Gasteiger partial charge in [0.25, 0.3) is 0 Å². The zero-order chi connectivity index (χ0) is 10.8. The van der Waals surface area contributed by atoms with E-state index in [1.165, 1.54) is 0 Å². The van der Waals surface area contributed by atoms with Crippen molar-refractivity contribution in [2.75, 3.05) is 19.6 Å². The van der Waals surface area contributed by atoms with Crippen LogP contribution >= 0.6 is 0 Å². The van der Waals surface area contributed by atoms with Crippen molar-refractivity contribution in [1.29, 1.82) is 0 Å². The van der Waals surface area contributed by atoms with Gasteiger partial charge in [0.2, 0.25) is 11.8 Å². The lowest BCUT2D eigenvalue weighted by atomic mass is 10.1. The molecule has 0 radical (unpaired) electrons. The minimum atomic E-state index is -0.275. The molecule has 2 saturated heterocycles. The highest BCUT2D eigenvalue weighted by molar-refractivity contribution is 5.90. The topological polar surface area (TPSA) is 61.4 Å². The predicted octanol–water partition coefficient (Wildman–Crippen LogP) is -0.915. The Kier molecular flexibility index (Phi) is 2.90. The first-order chi connectivity index (χ1) is 7.16. The summed E-state index contributed by atoms with van der Waals surface area (Å²) in [6.07, 6.45) is 1.13. The quantitative estimate of drug-likeness (QED) is 0.590. The highest BCUT2D eigenvalue weighted by Gasteiger charge is 2.32. The van der Waals surface area contributed by atoms with Gasteiger partial charge in [-0.3, -0.25) is 9.59 Å². The van der Waals surface area contributed by atoms with Gasteiger partial charge in [0, 0.05) is 32.1 Å². The van der Waals surface area contributed by atoms with Crippen molar-refractivity contribution in [3.8, 4) is 0 Å². The molecule has 2 fully saturated rings. The lowest BCUT2D eigenvalue weighted by Crippen LogP contribution is -2.55. The molecule has 84 valence electrons. The SMILES string of the molecule is C[C@H]1CN(C(=O)[C@H]2CCC(=O)N2)CCN1. The molecule has 0 spiro atoms. The monoisotopic (exact) mass is 211 g/mol. The Morgan fingerprint density at radius 2 is 2.33 bits per heavy atom. The number of carbonyl (C=O) groups excluding carboxylic acids is 2. The number of amides is 2. The minimum absolute atomic E-state index is 0.00321. The fourth-order valence-corrected chi connectivity index (χ4v) is 2.15. The second kappa shape index (κ2) is 4.18. The van der Waals surface area contributed by atoms with Crippen molar-refractivity contribution in [1.82, 2.24) is 15.5 Å². The van der Waals surface area contributed by atoms with Gasteiger partial charge in [-0.2, -0.15) is 0 Å². The smallest absolute Gasteiger partial charge is 0.245 e. The van der Waals surface area contributed by atoms with E-state index in [0.29, 0.717) is 18.9 Å². The van der Waals surface area contributed by atoms with Gasteiger partial charge < -0.3 is 15.5 Å². The van der Waals surface area contributed by atoms with Crippen molar-refractivity contribution in [2.24, 2.45) is 0 Å². The molecular formula is C10H17N3O2. The fourth-order valence-electron chi connectivity index (χ4n) is 2.15. The van der Waals surface area contributed by atoms with E-state index in [0.717, 1.165) is 19.6 Å². The summed E-state index contributed by atoms with van der Waals surface area (Å²) in [4.78, 5) is 24.8. The molecule has 2 aliphatic heterocycles. The van der Waals surface area contributed by atoms with Gasteiger partial charge in [0.15, 0.2) is 0 Å². The van der Waals surface area contributed by atoms with Gasteiger partial charge in [-0.15, -0.1) is 0 Å². The van der Waals surface area contributed by atoms with Crippen molar-refractivity contribution >= 4 is 11.8 Å². The second-order valence-electron chi connectivity index (χ2n) is 4.30. The van der Waals surface area contributed by atoms with Crippen LogP contribution in [0.15, 0.2) is 0 Å². The van der Waals surface area contributed by atoms with Gasteiger partial charge in [-0.1, -0.05) is 0 Å². The maximum absolute atomic E-state index is 12.0. The first kappa shape index (κ1) is 10.4. The molecule has 15 heavy (non-hydrogen) atoms. The summed E-state index contributed by atoms with van der Waals surface area (Å²) < 4.78 is 0. The molecule has 2 rings (SSSR count). The molecule has 2 amide bonds. The average molecular weight is 211 g/mol. The van der Waals surface area contributed by atoms with E-state index >= 15 is 0 Å². The molecule has 2 aliphatic rings. The standard InChI is InChI=1S/C10H17N3O2/c1-7-6-13(5-4-11-7)10(15)8-2-3-9(14)12-8/h7-8,11H,2-6H2,1H3,(H,12,14)/t7-,8+/m0/s1. The Bertz CT molecular complexity index is 280. The molecule has 0 aliphatic carbocycles. The van der Waals surface area contributed by atoms with E-state index in [4.69, 9.17) is 0 Å². The third-order valence-corrected chi connectivity index (χ3v) is 2.97. The third-order valence-electron chi connectivity index (χ3n) is 2.97. The maximum Gasteiger partial charge on any atom is 0.245 e. The van der Waals surface area contributed by atoms with Crippen LogP contribution in [-0.4, -0.2) is 48.4 Å². The largest absolute Gasteiger partial charge is 0.344 e. The molecule has 2 N–H and O–H groups in total. The van der Waals surface area contributed by atoms with Crippen molar-refractivity contribution in [3.05, 3.63) is 0 Å². The molecule has 0 saturated carbocycles. The number of nitrogens with zero attached hydrogens (tertiary/aromatic N) is 1. The molecule has 2 heterocycles. The maximum atomic E-state index is 12.0. The van der Waals surface area contributed by atoms with E-state index in [-0.39, 0.29) is 17.9 Å². The van der Waals surface area contributed by atoms with Gasteiger partial charge in [0.05, 0.1) is 0 Å². The lowest BCUT2D eigenvalue weighted by Gasteiger charge is -2.33. The summed E-state index contributed by atoms with van der Waals surface area (Å²) in [5.74, 6) is 0.0748.